The second kappa shape index (κ2) is 6.16. The number of aromatic nitrogens is 3. The highest BCUT2D eigenvalue weighted by Gasteiger charge is 2.30. The Balaban J connectivity index is 1.75. The van der Waals surface area contributed by atoms with E-state index in [0.29, 0.717) is 12.1 Å². The molecule has 126 valence electrons. The maximum absolute atomic E-state index is 13.3. The number of anilines is 1. The quantitative estimate of drug-likeness (QED) is 0.723. The average molecular weight is 332 g/mol. The summed E-state index contributed by atoms with van der Waals surface area (Å²) in [6.45, 7) is 4.43. The molecule has 0 saturated heterocycles. The van der Waals surface area contributed by atoms with E-state index in [1.54, 1.807) is 6.20 Å². The minimum absolute atomic E-state index is 0.00527. The first-order valence-electron chi connectivity index (χ1n) is 8.46. The third-order valence-corrected chi connectivity index (χ3v) is 4.73. The molecule has 1 aliphatic rings. The summed E-state index contributed by atoms with van der Waals surface area (Å²) in [6.07, 6.45) is 4.60. The van der Waals surface area contributed by atoms with Crippen molar-refractivity contribution in [1.82, 2.24) is 14.8 Å². The van der Waals surface area contributed by atoms with Crippen LogP contribution in [0.25, 0.3) is 0 Å². The van der Waals surface area contributed by atoms with Crippen molar-refractivity contribution in [3.05, 3.63) is 77.4 Å². The first-order chi connectivity index (χ1) is 12.1. The maximum atomic E-state index is 13.3. The molecule has 3 heterocycles. The molecule has 3 aromatic rings. The largest absolute Gasteiger partial charge is 0.306 e. The number of aryl methyl sites for hydroxylation is 2. The van der Waals surface area contributed by atoms with Gasteiger partial charge in [0.25, 0.3) is 5.91 Å². The monoisotopic (exact) mass is 332 g/mol. The lowest BCUT2D eigenvalue weighted by Crippen LogP contribution is -2.41. The number of rotatable bonds is 2. The Labute approximate surface area is 146 Å². The summed E-state index contributed by atoms with van der Waals surface area (Å²) < 4.78 is 1.94. The predicted octanol–water partition coefficient (Wildman–Crippen LogP) is 3.34. The lowest BCUT2D eigenvalue weighted by atomic mass is 9.97. The van der Waals surface area contributed by atoms with Crippen molar-refractivity contribution in [2.45, 2.75) is 26.3 Å². The van der Waals surface area contributed by atoms with Gasteiger partial charge in [-0.15, -0.1) is 0 Å². The van der Waals surface area contributed by atoms with E-state index in [2.05, 4.69) is 16.1 Å². The number of carbonyl (C=O) groups is 1. The van der Waals surface area contributed by atoms with Crippen molar-refractivity contribution < 1.29 is 4.79 Å². The van der Waals surface area contributed by atoms with Crippen molar-refractivity contribution in [2.75, 3.05) is 11.4 Å². The Kier molecular flexibility index (Phi) is 3.84. The number of carbonyl (C=O) groups excluding carboxylic acids is 1. The van der Waals surface area contributed by atoms with Crippen LogP contribution in [0.5, 0.6) is 0 Å². The third-order valence-electron chi connectivity index (χ3n) is 4.73. The number of pyridine rings is 1. The lowest BCUT2D eigenvalue weighted by Gasteiger charge is -2.35. The van der Waals surface area contributed by atoms with Gasteiger partial charge in [-0.2, -0.15) is 5.10 Å². The molecule has 0 fully saturated rings. The number of nitrogens with zero attached hydrogens (tertiary/aromatic N) is 4. The molecule has 2 aromatic heterocycles. The Morgan fingerprint density at radius 3 is 2.72 bits per heavy atom. The van der Waals surface area contributed by atoms with E-state index in [-0.39, 0.29) is 11.9 Å². The molecule has 0 aliphatic carbocycles. The van der Waals surface area contributed by atoms with Crippen LogP contribution in [-0.2, 0) is 6.42 Å². The van der Waals surface area contributed by atoms with Crippen molar-refractivity contribution in [2.24, 2.45) is 0 Å². The second-order valence-corrected chi connectivity index (χ2v) is 6.47. The number of benzene rings is 1. The molecule has 1 aromatic carbocycles. The number of hydrogen-bond donors (Lipinski definition) is 0. The SMILES string of the molecule is Cc1ccc(C(=O)N2C[C@H](n3cccn3)Cc3ccccc32)c(C)n1. The highest BCUT2D eigenvalue weighted by molar-refractivity contribution is 6.07. The van der Waals surface area contributed by atoms with Crippen LogP contribution in [0.3, 0.4) is 0 Å². The van der Waals surface area contributed by atoms with Gasteiger partial charge in [-0.1, -0.05) is 18.2 Å². The number of hydrogen-bond acceptors (Lipinski definition) is 3. The predicted molar refractivity (Wildman–Crippen MR) is 96.8 cm³/mol. The molecule has 1 aliphatic heterocycles. The summed E-state index contributed by atoms with van der Waals surface area (Å²) >= 11 is 0. The molecule has 5 nitrogen and oxygen atoms in total. The zero-order valence-corrected chi connectivity index (χ0v) is 14.4. The van der Waals surface area contributed by atoms with Gasteiger partial charge in [-0.25, -0.2) is 0 Å². The molecule has 0 N–H and O–H groups in total. The summed E-state index contributed by atoms with van der Waals surface area (Å²) in [5.74, 6) is -0.00527. The number of fused-ring (bicyclic) bond motifs is 1. The van der Waals surface area contributed by atoms with E-state index in [0.717, 1.165) is 23.5 Å². The zero-order chi connectivity index (χ0) is 17.4. The van der Waals surface area contributed by atoms with Crippen LogP contribution >= 0.6 is 0 Å². The van der Waals surface area contributed by atoms with E-state index in [1.807, 2.05) is 66.0 Å². The van der Waals surface area contributed by atoms with Crippen molar-refractivity contribution in [1.29, 1.82) is 0 Å². The van der Waals surface area contributed by atoms with Gasteiger partial charge in [0.2, 0.25) is 0 Å². The first-order valence-corrected chi connectivity index (χ1v) is 8.46. The van der Waals surface area contributed by atoms with Crippen LogP contribution in [-0.4, -0.2) is 27.2 Å². The standard InChI is InChI=1S/C20H20N4O/c1-14-8-9-18(15(2)22-14)20(25)23-13-17(24-11-5-10-21-24)12-16-6-3-4-7-19(16)23/h3-11,17H,12-13H2,1-2H3/t17-/m1/s1. The zero-order valence-electron chi connectivity index (χ0n) is 14.4. The summed E-state index contributed by atoms with van der Waals surface area (Å²) in [5.41, 5.74) is 4.49. The molecule has 0 unspecified atom stereocenters. The fourth-order valence-electron chi connectivity index (χ4n) is 3.50. The van der Waals surface area contributed by atoms with Crippen molar-refractivity contribution in [3.8, 4) is 0 Å². The first kappa shape index (κ1) is 15.6. The average Bonchev–Trinajstić information content (AvgIpc) is 3.15. The second-order valence-electron chi connectivity index (χ2n) is 6.47. The van der Waals surface area contributed by atoms with Crippen LogP contribution in [0.4, 0.5) is 5.69 Å². The molecule has 4 rings (SSSR count). The fourth-order valence-corrected chi connectivity index (χ4v) is 3.50. The van der Waals surface area contributed by atoms with E-state index >= 15 is 0 Å². The van der Waals surface area contributed by atoms with Gasteiger partial charge in [0.15, 0.2) is 0 Å². The Hall–Kier alpha value is -2.95. The maximum Gasteiger partial charge on any atom is 0.260 e. The van der Waals surface area contributed by atoms with Crippen LogP contribution in [0.2, 0.25) is 0 Å². The summed E-state index contributed by atoms with van der Waals surface area (Å²) in [5, 5.41) is 4.37. The Morgan fingerprint density at radius 2 is 1.96 bits per heavy atom. The molecule has 1 atom stereocenters. The summed E-state index contributed by atoms with van der Waals surface area (Å²) in [4.78, 5) is 19.6. The molecular weight excluding hydrogens is 312 g/mol. The van der Waals surface area contributed by atoms with Crippen molar-refractivity contribution in [3.63, 3.8) is 0 Å². The van der Waals surface area contributed by atoms with Gasteiger partial charge < -0.3 is 4.90 Å². The summed E-state index contributed by atoms with van der Waals surface area (Å²) in [7, 11) is 0. The summed E-state index contributed by atoms with van der Waals surface area (Å²) in [6, 6.07) is 13.9. The minimum Gasteiger partial charge on any atom is -0.306 e. The highest BCUT2D eigenvalue weighted by atomic mass is 16.2. The normalized spacial score (nSPS) is 16.6. The molecule has 1 amide bonds. The van der Waals surface area contributed by atoms with Gasteiger partial charge in [-0.05, 0) is 50.1 Å². The molecule has 0 spiro atoms. The number of amides is 1. The van der Waals surface area contributed by atoms with Gasteiger partial charge in [0.1, 0.15) is 0 Å². The molecule has 25 heavy (non-hydrogen) atoms. The molecule has 0 radical (unpaired) electrons. The smallest absolute Gasteiger partial charge is 0.260 e. The molecule has 0 bridgehead atoms. The molecule has 5 heteroatoms. The van der Waals surface area contributed by atoms with Gasteiger partial charge in [0, 0.05) is 30.3 Å². The van der Waals surface area contributed by atoms with E-state index in [1.165, 1.54) is 5.56 Å². The van der Waals surface area contributed by atoms with Crippen LogP contribution < -0.4 is 4.90 Å². The lowest BCUT2D eigenvalue weighted by molar-refractivity contribution is 0.0979. The van der Waals surface area contributed by atoms with Gasteiger partial charge >= 0.3 is 0 Å². The Morgan fingerprint density at radius 1 is 1.12 bits per heavy atom. The highest BCUT2D eigenvalue weighted by Crippen LogP contribution is 2.32. The van der Waals surface area contributed by atoms with E-state index in [9.17, 15) is 4.79 Å². The topological polar surface area (TPSA) is 51.0 Å². The van der Waals surface area contributed by atoms with Crippen LogP contribution in [0.1, 0.15) is 33.4 Å². The number of para-hydroxylation sites is 1. The molecular formula is C20H20N4O. The van der Waals surface area contributed by atoms with Gasteiger partial charge in [0.05, 0.1) is 17.3 Å². The van der Waals surface area contributed by atoms with E-state index < -0.39 is 0 Å². The molecule has 0 saturated carbocycles. The third kappa shape index (κ3) is 2.82. The Bertz CT molecular complexity index is 917. The van der Waals surface area contributed by atoms with Gasteiger partial charge in [-0.3, -0.25) is 14.5 Å². The van der Waals surface area contributed by atoms with Crippen LogP contribution in [0, 0.1) is 13.8 Å². The van der Waals surface area contributed by atoms with Crippen molar-refractivity contribution >= 4 is 11.6 Å². The fraction of sp³-hybridized carbons (Fsp3) is 0.250. The van der Waals surface area contributed by atoms with Crippen LogP contribution in [0.15, 0.2) is 54.9 Å². The van der Waals surface area contributed by atoms with E-state index in [4.69, 9.17) is 0 Å². The minimum atomic E-state index is -0.00527.